The van der Waals surface area contributed by atoms with Crippen LogP contribution in [0.4, 0.5) is 17.1 Å². The van der Waals surface area contributed by atoms with Crippen molar-refractivity contribution >= 4 is 23.0 Å². The first kappa shape index (κ1) is 14.4. The second-order valence-corrected chi connectivity index (χ2v) is 4.77. The number of fused-ring (bicyclic) bond motifs is 1. The Bertz CT molecular complexity index is 836. The first-order chi connectivity index (χ1) is 11.0. The zero-order chi connectivity index (χ0) is 16.6. The first-order valence-corrected chi connectivity index (χ1v) is 6.51. The molecule has 0 saturated carbocycles. The van der Waals surface area contributed by atoms with Gasteiger partial charge in [0, 0.05) is 18.2 Å². The summed E-state index contributed by atoms with van der Waals surface area (Å²) < 4.78 is 5.37. The molecule has 1 atom stereocenters. The van der Waals surface area contributed by atoms with Crippen molar-refractivity contribution < 1.29 is 14.6 Å². The summed E-state index contributed by atoms with van der Waals surface area (Å²) >= 11 is 0. The molecule has 3 rings (SSSR count). The number of benzene rings is 2. The molecule has 0 radical (unpaired) electrons. The molecule has 9 heteroatoms. The van der Waals surface area contributed by atoms with Crippen molar-refractivity contribution in [3.8, 4) is 0 Å². The summed E-state index contributed by atoms with van der Waals surface area (Å²) in [6.45, 7) is 0. The first-order valence-electron chi connectivity index (χ1n) is 6.51. The largest absolute Gasteiger partial charge is 0.449 e. The molecule has 23 heavy (non-hydrogen) atoms. The van der Waals surface area contributed by atoms with Crippen molar-refractivity contribution in [3.63, 3.8) is 0 Å². The molecular weight excluding hydrogens is 304 g/mol. The van der Waals surface area contributed by atoms with Gasteiger partial charge in [-0.3, -0.25) is 25.6 Å². The van der Waals surface area contributed by atoms with Gasteiger partial charge in [-0.1, -0.05) is 12.1 Å². The van der Waals surface area contributed by atoms with Gasteiger partial charge in [0.2, 0.25) is 12.1 Å². The third-order valence-corrected chi connectivity index (χ3v) is 3.40. The van der Waals surface area contributed by atoms with Gasteiger partial charge >= 0.3 is 0 Å². The topological polar surface area (TPSA) is 131 Å². The van der Waals surface area contributed by atoms with Crippen LogP contribution in [0.25, 0.3) is 0 Å². The summed E-state index contributed by atoms with van der Waals surface area (Å²) in [5.41, 5.74) is 0.640. The summed E-state index contributed by atoms with van der Waals surface area (Å²) in [6, 6.07) is 10.00. The molecule has 2 aromatic rings. The van der Waals surface area contributed by atoms with Crippen LogP contribution in [-0.2, 0) is 4.74 Å². The van der Waals surface area contributed by atoms with E-state index in [4.69, 9.17) is 10.1 Å². The van der Waals surface area contributed by atoms with Gasteiger partial charge in [-0.25, -0.2) is 0 Å². The highest BCUT2D eigenvalue weighted by molar-refractivity contribution is 5.99. The number of rotatable bonds is 3. The van der Waals surface area contributed by atoms with E-state index in [-0.39, 0.29) is 28.4 Å². The minimum atomic E-state index is -0.918. The second-order valence-electron chi connectivity index (χ2n) is 4.77. The van der Waals surface area contributed by atoms with E-state index in [1.807, 2.05) is 0 Å². The number of non-ortho nitro benzene ring substituents is 1. The summed E-state index contributed by atoms with van der Waals surface area (Å²) in [5.74, 6) is -0.286. The Labute approximate surface area is 129 Å². The molecule has 1 unspecified atom stereocenters. The third-order valence-electron chi connectivity index (χ3n) is 3.40. The molecule has 1 aliphatic rings. The van der Waals surface area contributed by atoms with E-state index < -0.39 is 16.1 Å². The van der Waals surface area contributed by atoms with E-state index in [0.29, 0.717) is 5.69 Å². The summed E-state index contributed by atoms with van der Waals surface area (Å²) in [5, 5.41) is 32.7. The van der Waals surface area contributed by atoms with E-state index in [9.17, 15) is 20.2 Å². The Hall–Kier alpha value is -3.49. The SMILES string of the molecule is N=C1OC(c2ccccc2[N+](=O)[O-])Nc2ccc([N+](=O)[O-])cc21. The maximum Gasteiger partial charge on any atom is 0.278 e. The maximum absolute atomic E-state index is 11.1. The van der Waals surface area contributed by atoms with Crippen LogP contribution in [0.2, 0.25) is 0 Å². The lowest BCUT2D eigenvalue weighted by atomic mass is 10.1. The second kappa shape index (κ2) is 5.37. The molecule has 0 aromatic heterocycles. The van der Waals surface area contributed by atoms with E-state index in [1.54, 1.807) is 6.07 Å². The molecular formula is C14H10N4O5. The van der Waals surface area contributed by atoms with Gasteiger partial charge in [0.15, 0.2) is 0 Å². The Balaban J connectivity index is 2.00. The third kappa shape index (κ3) is 2.55. The van der Waals surface area contributed by atoms with E-state index in [2.05, 4.69) is 5.32 Å². The van der Waals surface area contributed by atoms with Gasteiger partial charge in [0.05, 0.1) is 26.7 Å². The molecule has 116 valence electrons. The lowest BCUT2D eigenvalue weighted by Crippen LogP contribution is -2.26. The average molecular weight is 314 g/mol. The normalized spacial score (nSPS) is 16.0. The Morgan fingerprint density at radius 1 is 1.09 bits per heavy atom. The van der Waals surface area contributed by atoms with E-state index in [0.717, 1.165) is 0 Å². The van der Waals surface area contributed by atoms with Gasteiger partial charge in [-0.15, -0.1) is 0 Å². The number of nitro benzene ring substituents is 2. The Morgan fingerprint density at radius 2 is 1.83 bits per heavy atom. The van der Waals surface area contributed by atoms with Crippen LogP contribution in [0.3, 0.4) is 0 Å². The van der Waals surface area contributed by atoms with Gasteiger partial charge in [-0.2, -0.15) is 0 Å². The van der Waals surface area contributed by atoms with Crippen LogP contribution in [0.15, 0.2) is 42.5 Å². The average Bonchev–Trinajstić information content (AvgIpc) is 2.54. The highest BCUT2D eigenvalue weighted by Crippen LogP contribution is 2.35. The molecule has 1 heterocycles. The Kier molecular flexibility index (Phi) is 3.37. The molecule has 1 aliphatic heterocycles. The van der Waals surface area contributed by atoms with Gasteiger partial charge in [0.1, 0.15) is 0 Å². The van der Waals surface area contributed by atoms with Gasteiger partial charge in [0.25, 0.3) is 11.4 Å². The van der Waals surface area contributed by atoms with Crippen LogP contribution >= 0.6 is 0 Å². The number of hydrogen-bond donors (Lipinski definition) is 2. The highest BCUT2D eigenvalue weighted by atomic mass is 16.6. The lowest BCUT2D eigenvalue weighted by molar-refractivity contribution is -0.386. The molecule has 0 amide bonds. The van der Waals surface area contributed by atoms with Crippen LogP contribution < -0.4 is 5.32 Å². The summed E-state index contributed by atoms with van der Waals surface area (Å²) in [7, 11) is 0. The maximum atomic E-state index is 11.1. The van der Waals surface area contributed by atoms with Crippen LogP contribution in [0.5, 0.6) is 0 Å². The van der Waals surface area contributed by atoms with Crippen LogP contribution in [0.1, 0.15) is 17.4 Å². The van der Waals surface area contributed by atoms with Crippen molar-refractivity contribution in [2.24, 2.45) is 0 Å². The molecule has 0 aliphatic carbocycles. The number of nitrogens with one attached hydrogen (secondary N) is 2. The molecule has 0 fully saturated rings. The summed E-state index contributed by atoms with van der Waals surface area (Å²) in [6.07, 6.45) is -0.918. The molecule has 2 aromatic carbocycles. The Morgan fingerprint density at radius 3 is 2.52 bits per heavy atom. The number of anilines is 1. The molecule has 0 saturated heterocycles. The zero-order valence-corrected chi connectivity index (χ0v) is 11.6. The summed E-state index contributed by atoms with van der Waals surface area (Å²) in [4.78, 5) is 20.8. The molecule has 0 spiro atoms. The number of nitrogens with zero attached hydrogens (tertiary/aromatic N) is 2. The van der Waals surface area contributed by atoms with Crippen LogP contribution in [-0.4, -0.2) is 15.7 Å². The zero-order valence-electron chi connectivity index (χ0n) is 11.6. The van der Waals surface area contributed by atoms with Gasteiger partial charge in [-0.05, 0) is 12.1 Å². The predicted octanol–water partition coefficient (Wildman–Crippen LogP) is 2.97. The van der Waals surface area contributed by atoms with Crippen molar-refractivity contribution in [3.05, 3.63) is 73.8 Å². The van der Waals surface area contributed by atoms with Crippen molar-refractivity contribution in [2.75, 3.05) is 5.32 Å². The molecule has 0 bridgehead atoms. The monoisotopic (exact) mass is 314 g/mol. The van der Waals surface area contributed by atoms with Crippen LogP contribution in [0, 0.1) is 25.6 Å². The molecule has 2 N–H and O–H groups in total. The fourth-order valence-corrected chi connectivity index (χ4v) is 2.33. The molecule has 9 nitrogen and oxygen atoms in total. The number of para-hydroxylation sites is 1. The highest BCUT2D eigenvalue weighted by Gasteiger charge is 2.30. The minimum Gasteiger partial charge on any atom is -0.449 e. The number of ether oxygens (including phenoxy) is 1. The van der Waals surface area contributed by atoms with Crippen molar-refractivity contribution in [2.45, 2.75) is 6.23 Å². The minimum absolute atomic E-state index is 0.136. The van der Waals surface area contributed by atoms with Gasteiger partial charge < -0.3 is 10.1 Å². The number of nitro groups is 2. The fraction of sp³-hybridized carbons (Fsp3) is 0.0714. The van der Waals surface area contributed by atoms with E-state index >= 15 is 0 Å². The standard InChI is InChI=1S/C14H10N4O5/c15-13-10-7-8(17(19)20)5-6-11(10)16-14(23-13)9-3-1-2-4-12(9)18(21)22/h1-7,14-16H. The fourth-order valence-electron chi connectivity index (χ4n) is 2.33. The predicted molar refractivity (Wildman–Crippen MR) is 80.5 cm³/mol. The van der Waals surface area contributed by atoms with E-state index in [1.165, 1.54) is 36.4 Å². The quantitative estimate of drug-likeness (QED) is 0.661. The van der Waals surface area contributed by atoms with Crippen molar-refractivity contribution in [1.29, 1.82) is 5.41 Å². The smallest absolute Gasteiger partial charge is 0.278 e. The lowest BCUT2D eigenvalue weighted by Gasteiger charge is -2.28. The number of hydrogen-bond acceptors (Lipinski definition) is 7. The van der Waals surface area contributed by atoms with Crippen molar-refractivity contribution in [1.82, 2.24) is 0 Å².